The smallest absolute Gasteiger partial charge is 0.0701 e. The molecule has 0 spiro atoms. The van der Waals surface area contributed by atoms with Crippen molar-refractivity contribution in [2.45, 2.75) is 13.1 Å². The van der Waals surface area contributed by atoms with Crippen molar-refractivity contribution in [3.63, 3.8) is 0 Å². The molecule has 230 valence electrons. The lowest BCUT2D eigenvalue weighted by Gasteiger charge is -2.25. The molecule has 5 heteroatoms. The first kappa shape index (κ1) is 29.8. The van der Waals surface area contributed by atoms with E-state index in [1.54, 1.807) is 0 Å². The van der Waals surface area contributed by atoms with Gasteiger partial charge in [-0.2, -0.15) is 0 Å². The fraction of sp³-hybridized carbons (Fsp3) is 0.300. The first-order valence-corrected chi connectivity index (χ1v) is 16.3. The summed E-state index contributed by atoms with van der Waals surface area (Å²) in [6.07, 6.45) is 0. The van der Waals surface area contributed by atoms with Crippen LogP contribution in [0.25, 0.3) is 43.1 Å². The van der Waals surface area contributed by atoms with Crippen molar-refractivity contribution in [2.24, 2.45) is 0 Å². The molecule has 6 aromatic rings. The van der Waals surface area contributed by atoms with Crippen LogP contribution in [-0.4, -0.2) is 75.6 Å². The molecule has 1 saturated heterocycles. The number of hydrogen-bond acceptors (Lipinski definition) is 5. The molecule has 1 aliphatic heterocycles. The molecule has 0 radical (unpaired) electrons. The molecular weight excluding hydrogens is 556 g/mol. The van der Waals surface area contributed by atoms with Crippen LogP contribution in [0, 0.1) is 0 Å². The van der Waals surface area contributed by atoms with Gasteiger partial charge in [0.25, 0.3) is 0 Å². The highest BCUT2D eigenvalue weighted by Gasteiger charge is 2.15. The second kappa shape index (κ2) is 14.5. The van der Waals surface area contributed by atoms with Crippen LogP contribution in [0.15, 0.2) is 109 Å². The second-order valence-corrected chi connectivity index (χ2v) is 12.0. The van der Waals surface area contributed by atoms with Crippen molar-refractivity contribution < 1.29 is 14.2 Å². The van der Waals surface area contributed by atoms with Gasteiger partial charge in [-0.25, -0.2) is 0 Å². The van der Waals surface area contributed by atoms with Crippen molar-refractivity contribution in [1.29, 1.82) is 0 Å². The number of nitrogens with zero attached hydrogens (tertiary/aromatic N) is 2. The summed E-state index contributed by atoms with van der Waals surface area (Å²) in [7, 11) is 0. The lowest BCUT2D eigenvalue weighted by molar-refractivity contribution is 0.0312. The molecule has 0 aromatic heterocycles. The van der Waals surface area contributed by atoms with E-state index in [0.29, 0.717) is 39.6 Å². The highest BCUT2D eigenvalue weighted by molar-refractivity contribution is 6.03. The van der Waals surface area contributed by atoms with Gasteiger partial charge in [-0.1, -0.05) is 97.1 Å². The normalized spacial score (nSPS) is 17.1. The number of rotatable bonds is 4. The average Bonchev–Trinajstić information content (AvgIpc) is 3.09. The maximum atomic E-state index is 6.33. The molecule has 0 N–H and O–H groups in total. The summed E-state index contributed by atoms with van der Waals surface area (Å²) < 4.78 is 18.4. The van der Waals surface area contributed by atoms with Crippen LogP contribution in [0.1, 0.15) is 11.1 Å². The fourth-order valence-electron chi connectivity index (χ4n) is 6.74. The fourth-order valence-corrected chi connectivity index (χ4v) is 6.74. The zero-order chi connectivity index (χ0) is 30.3. The molecule has 0 unspecified atom stereocenters. The molecule has 1 aliphatic rings. The van der Waals surface area contributed by atoms with E-state index >= 15 is 0 Å². The minimum absolute atomic E-state index is 0.607. The quantitative estimate of drug-likeness (QED) is 0.195. The lowest BCUT2D eigenvalue weighted by atomic mass is 9.96. The van der Waals surface area contributed by atoms with Gasteiger partial charge in [-0.15, -0.1) is 0 Å². The zero-order valence-electron chi connectivity index (χ0n) is 26.0. The molecule has 5 nitrogen and oxygen atoms in total. The van der Waals surface area contributed by atoms with E-state index in [1.165, 1.54) is 54.2 Å². The van der Waals surface area contributed by atoms with E-state index in [-0.39, 0.29) is 0 Å². The summed E-state index contributed by atoms with van der Waals surface area (Å²) in [5, 5.41) is 10.4. The summed E-state index contributed by atoms with van der Waals surface area (Å²) in [6.45, 7) is 9.04. The SMILES string of the molecule is c1ccc2c(CN3CCOCCOCCN(Cc4c5ccccc5cc5ccccc45)CCOCC3)c3ccccc3cc2c1. The van der Waals surface area contributed by atoms with Crippen LogP contribution >= 0.6 is 0 Å². The minimum atomic E-state index is 0.607. The van der Waals surface area contributed by atoms with Crippen molar-refractivity contribution >= 4 is 43.1 Å². The maximum Gasteiger partial charge on any atom is 0.0701 e. The number of hydrogen-bond donors (Lipinski definition) is 0. The highest BCUT2D eigenvalue weighted by Crippen LogP contribution is 2.31. The molecule has 0 amide bonds. The molecule has 1 fully saturated rings. The van der Waals surface area contributed by atoms with Crippen molar-refractivity contribution in [1.82, 2.24) is 9.80 Å². The summed E-state index contributed by atoms with van der Waals surface area (Å²) in [6, 6.07) is 39.6. The van der Waals surface area contributed by atoms with Gasteiger partial charge in [0.05, 0.1) is 39.6 Å². The van der Waals surface area contributed by atoms with Gasteiger partial charge in [-0.3, -0.25) is 9.80 Å². The molecule has 7 rings (SSSR count). The van der Waals surface area contributed by atoms with E-state index in [4.69, 9.17) is 14.2 Å². The Bertz CT molecular complexity index is 1640. The largest absolute Gasteiger partial charge is 0.379 e. The first-order chi connectivity index (χ1) is 22.3. The Labute approximate surface area is 265 Å². The van der Waals surface area contributed by atoms with Gasteiger partial charge < -0.3 is 14.2 Å². The van der Waals surface area contributed by atoms with Gasteiger partial charge in [0, 0.05) is 39.3 Å². The highest BCUT2D eigenvalue weighted by atomic mass is 16.5. The van der Waals surface area contributed by atoms with Crippen LogP contribution in [0.2, 0.25) is 0 Å². The third-order valence-electron chi connectivity index (χ3n) is 9.11. The van der Waals surface area contributed by atoms with Crippen molar-refractivity contribution in [3.05, 3.63) is 120 Å². The molecule has 1 heterocycles. The summed E-state index contributed by atoms with van der Waals surface area (Å²) in [4.78, 5) is 4.96. The molecule has 0 bridgehead atoms. The Morgan fingerprint density at radius 3 is 1.00 bits per heavy atom. The molecular formula is C40H42N2O3. The predicted molar refractivity (Wildman–Crippen MR) is 186 cm³/mol. The van der Waals surface area contributed by atoms with Gasteiger partial charge >= 0.3 is 0 Å². The number of ether oxygens (including phenoxy) is 3. The maximum absolute atomic E-state index is 6.33. The number of benzene rings is 6. The van der Waals surface area contributed by atoms with E-state index < -0.39 is 0 Å². The summed E-state index contributed by atoms with van der Waals surface area (Å²) >= 11 is 0. The van der Waals surface area contributed by atoms with Crippen molar-refractivity contribution in [3.8, 4) is 0 Å². The Balaban J connectivity index is 1.07. The average molecular weight is 599 g/mol. The first-order valence-electron chi connectivity index (χ1n) is 16.3. The van der Waals surface area contributed by atoms with Gasteiger partial charge in [0.1, 0.15) is 0 Å². The standard InChI is InChI=1S/C40H42N2O3/c1-5-13-35-31(9-1)27-32-10-2-6-14-36(32)39(35)29-41-17-21-43-22-18-42(20-24-45-26-25-44-23-19-41)30-40-37-15-7-3-11-33(37)28-34-12-4-8-16-38(34)40/h1-16,27-28H,17-26,29-30H2. The molecule has 0 saturated carbocycles. The molecule has 6 aromatic carbocycles. The third kappa shape index (κ3) is 7.04. The van der Waals surface area contributed by atoms with E-state index in [9.17, 15) is 0 Å². The molecule has 0 atom stereocenters. The second-order valence-electron chi connectivity index (χ2n) is 12.0. The predicted octanol–water partition coefficient (Wildman–Crippen LogP) is 7.67. The van der Waals surface area contributed by atoms with Crippen molar-refractivity contribution in [2.75, 3.05) is 65.8 Å². The van der Waals surface area contributed by atoms with Gasteiger partial charge in [0.15, 0.2) is 0 Å². The van der Waals surface area contributed by atoms with E-state index in [2.05, 4.69) is 119 Å². The number of fused-ring (bicyclic) bond motifs is 4. The van der Waals surface area contributed by atoms with E-state index in [0.717, 1.165) is 39.3 Å². The van der Waals surface area contributed by atoms with Crippen LogP contribution < -0.4 is 0 Å². The topological polar surface area (TPSA) is 34.2 Å². The Morgan fingerprint density at radius 1 is 0.378 bits per heavy atom. The van der Waals surface area contributed by atoms with Crippen LogP contribution in [-0.2, 0) is 27.3 Å². The minimum Gasteiger partial charge on any atom is -0.379 e. The molecule has 45 heavy (non-hydrogen) atoms. The van der Waals surface area contributed by atoms with Crippen LogP contribution in [0.4, 0.5) is 0 Å². The van der Waals surface area contributed by atoms with Gasteiger partial charge in [-0.05, 0) is 66.3 Å². The summed E-state index contributed by atoms with van der Waals surface area (Å²) in [5.41, 5.74) is 2.75. The molecule has 0 aliphatic carbocycles. The Kier molecular flexibility index (Phi) is 9.62. The van der Waals surface area contributed by atoms with Crippen LogP contribution in [0.5, 0.6) is 0 Å². The van der Waals surface area contributed by atoms with Gasteiger partial charge in [0.2, 0.25) is 0 Å². The monoisotopic (exact) mass is 598 g/mol. The lowest BCUT2D eigenvalue weighted by Crippen LogP contribution is -2.33. The van der Waals surface area contributed by atoms with E-state index in [1.807, 2.05) is 0 Å². The Morgan fingerprint density at radius 2 is 0.667 bits per heavy atom. The Hall–Kier alpha value is -3.84. The summed E-state index contributed by atoms with van der Waals surface area (Å²) in [5.74, 6) is 0. The third-order valence-corrected chi connectivity index (χ3v) is 9.11. The van der Waals surface area contributed by atoms with Crippen LogP contribution in [0.3, 0.4) is 0 Å². The zero-order valence-corrected chi connectivity index (χ0v) is 26.0.